The van der Waals surface area contributed by atoms with Gasteiger partial charge in [0.25, 0.3) is 14.3 Å². The second-order valence-electron chi connectivity index (χ2n) is 4.67. The number of carbonyl (C=O) groups is 1. The van der Waals surface area contributed by atoms with Crippen LogP contribution in [0, 0.1) is 0 Å². The predicted octanol–water partition coefficient (Wildman–Crippen LogP) is 3.87. The third-order valence-electron chi connectivity index (χ3n) is 3.47. The molecule has 88 valence electrons. The second kappa shape index (κ2) is 6.31. The third-order valence-corrected chi connectivity index (χ3v) is 7.95. The van der Waals surface area contributed by atoms with E-state index in [1.807, 2.05) is 0 Å². The minimum Gasteiger partial charge on any atom is -0.519 e. The molecule has 0 spiro atoms. The predicted molar refractivity (Wildman–Crippen MR) is 65.3 cm³/mol. The van der Waals surface area contributed by atoms with Gasteiger partial charge in [-0.25, -0.2) is 0 Å². The molecule has 1 fully saturated rings. The molecule has 0 radical (unpaired) electrons. The average Bonchev–Trinajstić information content (AvgIpc) is 2.27. The van der Waals surface area contributed by atoms with Gasteiger partial charge in [0.2, 0.25) is 0 Å². The summed E-state index contributed by atoms with van der Waals surface area (Å²) in [5.74, 6) is 0.0762. The van der Waals surface area contributed by atoms with E-state index in [2.05, 4.69) is 13.8 Å². The van der Waals surface area contributed by atoms with Gasteiger partial charge in [-0.1, -0.05) is 39.5 Å². The number of rotatable bonds is 5. The maximum Gasteiger partial charge on any atom is 0.292 e. The van der Waals surface area contributed by atoms with E-state index < -0.39 is 8.32 Å². The van der Waals surface area contributed by atoms with Crippen LogP contribution in [-0.4, -0.2) is 14.3 Å². The van der Waals surface area contributed by atoms with Crippen molar-refractivity contribution in [2.45, 2.75) is 70.5 Å². The molecule has 3 heteroatoms. The lowest BCUT2D eigenvalue weighted by molar-refractivity contribution is -0.135. The van der Waals surface area contributed by atoms with Crippen molar-refractivity contribution < 1.29 is 9.22 Å². The minimum absolute atomic E-state index is 0.0762. The monoisotopic (exact) mass is 228 g/mol. The van der Waals surface area contributed by atoms with Crippen LogP contribution in [-0.2, 0) is 9.22 Å². The molecule has 1 aliphatic rings. The molecule has 15 heavy (non-hydrogen) atoms. The van der Waals surface area contributed by atoms with Crippen LogP contribution in [0.1, 0.15) is 52.4 Å². The van der Waals surface area contributed by atoms with Gasteiger partial charge in [-0.05, 0) is 24.6 Å². The van der Waals surface area contributed by atoms with Gasteiger partial charge in [0, 0.05) is 6.42 Å². The fourth-order valence-corrected chi connectivity index (χ4v) is 6.02. The van der Waals surface area contributed by atoms with E-state index in [9.17, 15) is 4.79 Å². The number of unbranched alkanes of at least 4 members (excludes halogenated alkanes) is 1. The summed E-state index contributed by atoms with van der Waals surface area (Å²) in [5.41, 5.74) is 0. The molecular weight excluding hydrogens is 204 g/mol. The largest absolute Gasteiger partial charge is 0.519 e. The highest BCUT2D eigenvalue weighted by molar-refractivity contribution is 6.75. The smallest absolute Gasteiger partial charge is 0.292 e. The molecule has 2 nitrogen and oxygen atoms in total. The molecule has 0 aromatic rings. The summed E-state index contributed by atoms with van der Waals surface area (Å²) in [6.07, 6.45) is 6.58. The molecule has 0 unspecified atom stereocenters. The lowest BCUT2D eigenvalue weighted by Gasteiger charge is -2.33. The van der Waals surface area contributed by atoms with E-state index in [1.165, 1.54) is 31.4 Å². The number of hydrogen-bond donors (Lipinski definition) is 0. The molecule has 1 rings (SSSR count). The van der Waals surface area contributed by atoms with Crippen molar-refractivity contribution in [2.24, 2.45) is 0 Å². The average molecular weight is 228 g/mol. The van der Waals surface area contributed by atoms with Crippen LogP contribution in [0.25, 0.3) is 0 Å². The molecule has 0 amide bonds. The van der Waals surface area contributed by atoms with E-state index in [-0.39, 0.29) is 5.97 Å². The van der Waals surface area contributed by atoms with Crippen molar-refractivity contribution in [3.8, 4) is 0 Å². The summed E-state index contributed by atoms with van der Waals surface area (Å²) in [4.78, 5) is 11.6. The fraction of sp³-hybridized carbons (Fsp3) is 0.917. The summed E-state index contributed by atoms with van der Waals surface area (Å²) in [6, 6.07) is 3.54. The zero-order chi connectivity index (χ0) is 11.1. The molecule has 0 N–H and O–H groups in total. The van der Waals surface area contributed by atoms with Gasteiger partial charge >= 0.3 is 0 Å². The normalized spacial score (nSPS) is 19.9. The topological polar surface area (TPSA) is 26.3 Å². The fourth-order valence-electron chi connectivity index (χ4n) is 2.34. The van der Waals surface area contributed by atoms with E-state index >= 15 is 0 Å². The zero-order valence-electron chi connectivity index (χ0n) is 10.2. The quantitative estimate of drug-likeness (QED) is 0.668. The van der Waals surface area contributed by atoms with E-state index in [1.54, 1.807) is 0 Å². The summed E-state index contributed by atoms with van der Waals surface area (Å²) < 4.78 is 5.83. The molecule has 1 heterocycles. The highest BCUT2D eigenvalue weighted by atomic mass is 28.4. The lowest BCUT2D eigenvalue weighted by atomic mass is 10.3. The maximum atomic E-state index is 11.6. The highest BCUT2D eigenvalue weighted by Gasteiger charge is 2.37. The van der Waals surface area contributed by atoms with Crippen molar-refractivity contribution in [1.82, 2.24) is 0 Å². The summed E-state index contributed by atoms with van der Waals surface area (Å²) in [5, 5.41) is 0. The van der Waals surface area contributed by atoms with Crippen molar-refractivity contribution >= 4 is 14.3 Å². The molecule has 0 bridgehead atoms. The Balaban J connectivity index is 2.40. The van der Waals surface area contributed by atoms with Crippen LogP contribution in [0.3, 0.4) is 0 Å². The highest BCUT2D eigenvalue weighted by Crippen LogP contribution is 2.32. The van der Waals surface area contributed by atoms with Crippen LogP contribution < -0.4 is 0 Å². The Bertz CT molecular complexity index is 198. The minimum atomic E-state index is -1.62. The Morgan fingerprint density at radius 1 is 1.20 bits per heavy atom. The Kier molecular flexibility index (Phi) is 5.36. The Morgan fingerprint density at radius 2 is 1.87 bits per heavy atom. The first-order valence-corrected chi connectivity index (χ1v) is 8.97. The first-order valence-electron chi connectivity index (χ1n) is 6.44. The first-order chi connectivity index (χ1) is 7.22. The summed E-state index contributed by atoms with van der Waals surface area (Å²) >= 11 is 0. The number of carbonyl (C=O) groups excluding carboxylic acids is 1. The molecule has 1 saturated heterocycles. The SMILES string of the molecule is CCCCC(=O)O[Si]1(CC)CCCCC1. The molecule has 0 aromatic heterocycles. The van der Waals surface area contributed by atoms with Gasteiger partial charge in [0.1, 0.15) is 0 Å². The van der Waals surface area contributed by atoms with Gasteiger partial charge in [-0.3, -0.25) is 4.79 Å². The van der Waals surface area contributed by atoms with Gasteiger partial charge in [0.05, 0.1) is 0 Å². The molecule has 1 aliphatic heterocycles. The van der Waals surface area contributed by atoms with E-state index in [0.29, 0.717) is 6.42 Å². The third kappa shape index (κ3) is 3.97. The molecule has 0 saturated carbocycles. The zero-order valence-corrected chi connectivity index (χ0v) is 11.2. The molecule has 0 aromatic carbocycles. The summed E-state index contributed by atoms with van der Waals surface area (Å²) in [6.45, 7) is 4.31. The van der Waals surface area contributed by atoms with E-state index in [4.69, 9.17) is 4.43 Å². The molecule has 0 atom stereocenters. The van der Waals surface area contributed by atoms with Gasteiger partial charge < -0.3 is 4.43 Å². The van der Waals surface area contributed by atoms with Gasteiger partial charge in [-0.2, -0.15) is 0 Å². The Hall–Kier alpha value is -0.313. The molecule has 0 aliphatic carbocycles. The number of hydrogen-bond acceptors (Lipinski definition) is 2. The van der Waals surface area contributed by atoms with Crippen LogP contribution >= 0.6 is 0 Å². The van der Waals surface area contributed by atoms with Crippen LogP contribution in [0.5, 0.6) is 0 Å². The van der Waals surface area contributed by atoms with Gasteiger partial charge in [0.15, 0.2) is 0 Å². The standard InChI is InChI=1S/C12H24O2Si/c1-3-5-9-12(13)14-15(4-2)10-7-6-8-11-15/h3-11H2,1-2H3. The van der Waals surface area contributed by atoms with Crippen molar-refractivity contribution in [3.63, 3.8) is 0 Å². The first kappa shape index (κ1) is 12.8. The summed E-state index contributed by atoms with van der Waals surface area (Å²) in [7, 11) is -1.62. The van der Waals surface area contributed by atoms with Crippen LogP contribution in [0.4, 0.5) is 0 Å². The van der Waals surface area contributed by atoms with Crippen LogP contribution in [0.15, 0.2) is 0 Å². The van der Waals surface area contributed by atoms with Gasteiger partial charge in [-0.15, -0.1) is 0 Å². The van der Waals surface area contributed by atoms with Crippen molar-refractivity contribution in [2.75, 3.05) is 0 Å². The van der Waals surface area contributed by atoms with Crippen molar-refractivity contribution in [3.05, 3.63) is 0 Å². The van der Waals surface area contributed by atoms with Crippen LogP contribution in [0.2, 0.25) is 18.1 Å². The second-order valence-corrected chi connectivity index (χ2v) is 8.95. The molecular formula is C12H24O2Si. The lowest BCUT2D eigenvalue weighted by Crippen LogP contribution is -2.41. The maximum absolute atomic E-state index is 11.6. The van der Waals surface area contributed by atoms with Crippen molar-refractivity contribution in [1.29, 1.82) is 0 Å². The Morgan fingerprint density at radius 3 is 2.40 bits per heavy atom. The Labute approximate surface area is 94.5 Å². The van der Waals surface area contributed by atoms with E-state index in [0.717, 1.165) is 18.9 Å².